The van der Waals surface area contributed by atoms with Gasteiger partial charge in [0, 0.05) is 25.4 Å². The van der Waals surface area contributed by atoms with E-state index in [0.717, 1.165) is 45.7 Å². The van der Waals surface area contributed by atoms with Crippen LogP contribution in [0.3, 0.4) is 0 Å². The van der Waals surface area contributed by atoms with Crippen LogP contribution in [0.4, 0.5) is 23.2 Å². The maximum absolute atomic E-state index is 13.0. The van der Waals surface area contributed by atoms with Crippen LogP contribution in [0.15, 0.2) is 30.3 Å². The zero-order valence-corrected chi connectivity index (χ0v) is 30.9. The van der Waals surface area contributed by atoms with Gasteiger partial charge in [0.25, 0.3) is 5.91 Å². The van der Waals surface area contributed by atoms with Crippen molar-refractivity contribution in [1.82, 2.24) is 10.3 Å². The van der Waals surface area contributed by atoms with Gasteiger partial charge in [-0.25, -0.2) is 9.37 Å². The number of benzene rings is 2. The Morgan fingerprint density at radius 3 is 2.42 bits per heavy atom. The second kappa shape index (κ2) is 16.8. The number of alkyl halides is 3. The number of methoxy groups -OCH3 is 2. The number of halogens is 4. The van der Waals surface area contributed by atoms with Crippen molar-refractivity contribution in [1.29, 1.82) is 0 Å². The summed E-state index contributed by atoms with van der Waals surface area (Å²) in [5, 5.41) is 6.28. The molecule has 50 heavy (non-hydrogen) atoms. The standard InChI is InChI=1S/C18H22N2O2S.C12H24O.C8H5F4NO/c1-9-11-4-5-12(8-11)16(9)20-18(21)15-14(22-3)7-6-13-17(15)23-10(2)19-13;1-5-12(3)10(2)7-6-8-11(12)9-13-4;9-7-2-1-5(13-4-14)3-6(7)8(10,11)12/h6-7,9,11-12,16H,4-5,8H2,1-3H3,(H,20,21);10-11H,5-9H2,1-4H3;1-4H,(H,13,14)/t9?,11-,12?,16?;;/m1../s1. The van der Waals surface area contributed by atoms with Crippen molar-refractivity contribution in [3.05, 3.63) is 52.3 Å². The van der Waals surface area contributed by atoms with E-state index in [1.54, 1.807) is 18.4 Å². The molecule has 3 aliphatic rings. The van der Waals surface area contributed by atoms with Gasteiger partial charge in [0.2, 0.25) is 6.41 Å². The first-order chi connectivity index (χ1) is 23.7. The number of amides is 2. The van der Waals surface area contributed by atoms with E-state index in [0.29, 0.717) is 46.7 Å². The number of fused-ring (bicyclic) bond motifs is 3. The highest BCUT2D eigenvalue weighted by Crippen LogP contribution is 2.49. The number of nitrogens with one attached hydrogen (secondary N) is 2. The minimum atomic E-state index is -4.76. The number of aromatic nitrogens is 1. The maximum atomic E-state index is 13.0. The van der Waals surface area contributed by atoms with Crippen LogP contribution >= 0.6 is 11.3 Å². The summed E-state index contributed by atoms with van der Waals surface area (Å²) in [6, 6.07) is 6.29. The molecular weight excluding hydrogens is 670 g/mol. The Labute approximate surface area is 296 Å². The third kappa shape index (κ3) is 8.78. The minimum absolute atomic E-state index is 0.0134. The first kappa shape index (κ1) is 39.5. The fourth-order valence-corrected chi connectivity index (χ4v) is 9.22. The SMILES string of the molecule is CCC1(C)C(C)CCCC1COC.COc1ccc2nc(C)sc2c1C(=O)NC1C2CC[C@H](C2)C1C.O=CNc1ccc(F)c(C(F)(F)F)c1. The van der Waals surface area contributed by atoms with Crippen LogP contribution in [0.25, 0.3) is 10.2 Å². The molecule has 7 atom stereocenters. The minimum Gasteiger partial charge on any atom is -0.496 e. The lowest BCUT2D eigenvalue weighted by atomic mass is 9.60. The molecule has 7 nitrogen and oxygen atoms in total. The van der Waals surface area contributed by atoms with Crippen molar-refractivity contribution in [2.75, 3.05) is 26.1 Å². The Kier molecular flexibility index (Phi) is 13.3. The number of anilines is 1. The molecule has 1 aromatic heterocycles. The van der Waals surface area contributed by atoms with Gasteiger partial charge in [-0.2, -0.15) is 13.2 Å². The summed E-state index contributed by atoms with van der Waals surface area (Å²) in [5.41, 5.74) is 0.539. The van der Waals surface area contributed by atoms with Crippen LogP contribution in [-0.4, -0.2) is 44.2 Å². The number of ether oxygens (including phenoxy) is 2. The van der Waals surface area contributed by atoms with E-state index in [1.807, 2.05) is 31.5 Å². The Balaban J connectivity index is 0.000000181. The van der Waals surface area contributed by atoms with Crippen LogP contribution in [0.1, 0.15) is 93.6 Å². The van der Waals surface area contributed by atoms with Gasteiger partial charge in [0.05, 0.1) is 27.9 Å². The number of carbonyl (C=O) groups is 2. The van der Waals surface area contributed by atoms with Crippen LogP contribution in [0, 0.1) is 47.7 Å². The number of hydrogen-bond donors (Lipinski definition) is 2. The predicted molar refractivity (Wildman–Crippen MR) is 190 cm³/mol. The van der Waals surface area contributed by atoms with Gasteiger partial charge in [-0.3, -0.25) is 9.59 Å². The van der Waals surface area contributed by atoms with Crippen LogP contribution in [0.2, 0.25) is 0 Å². The van der Waals surface area contributed by atoms with Gasteiger partial charge in [-0.05, 0) is 97.9 Å². The first-order valence-corrected chi connectivity index (χ1v) is 18.3. The number of carbonyl (C=O) groups excluding carboxylic acids is 2. The van der Waals surface area contributed by atoms with Gasteiger partial charge < -0.3 is 20.1 Å². The normalized spacial score (nSPS) is 27.1. The zero-order chi connectivity index (χ0) is 36.8. The molecule has 0 spiro atoms. The lowest BCUT2D eigenvalue weighted by Crippen LogP contribution is -2.43. The van der Waals surface area contributed by atoms with Crippen LogP contribution in [0.5, 0.6) is 5.75 Å². The molecule has 1 heterocycles. The van der Waals surface area contributed by atoms with E-state index in [1.165, 1.54) is 44.9 Å². The Hall–Kier alpha value is -3.25. The van der Waals surface area contributed by atoms with Gasteiger partial charge in [0.15, 0.2) is 0 Å². The molecule has 12 heteroatoms. The Morgan fingerprint density at radius 2 is 1.82 bits per heavy atom. The molecule has 6 rings (SSSR count). The lowest BCUT2D eigenvalue weighted by molar-refractivity contribution is -0.140. The number of nitrogens with zero attached hydrogens (tertiary/aromatic N) is 1. The Bertz CT molecular complexity index is 1610. The predicted octanol–water partition coefficient (Wildman–Crippen LogP) is 9.68. The molecule has 3 fully saturated rings. The first-order valence-electron chi connectivity index (χ1n) is 17.5. The molecule has 2 bridgehead atoms. The molecule has 276 valence electrons. The van der Waals surface area contributed by atoms with E-state index >= 15 is 0 Å². The molecule has 3 aromatic rings. The fourth-order valence-electron chi connectivity index (χ4n) is 8.27. The summed E-state index contributed by atoms with van der Waals surface area (Å²) in [7, 11) is 3.45. The number of aryl methyl sites for hydroxylation is 1. The summed E-state index contributed by atoms with van der Waals surface area (Å²) in [6.07, 6.45) is 4.76. The third-order valence-corrected chi connectivity index (χ3v) is 12.6. The highest BCUT2D eigenvalue weighted by atomic mass is 32.1. The lowest BCUT2D eigenvalue weighted by Gasteiger charge is -2.45. The second-order valence-electron chi connectivity index (χ2n) is 14.2. The van der Waals surface area contributed by atoms with Gasteiger partial charge in [-0.15, -0.1) is 11.3 Å². The molecule has 2 amide bonds. The van der Waals surface area contributed by atoms with Gasteiger partial charge in [0.1, 0.15) is 17.1 Å². The molecule has 3 saturated carbocycles. The maximum Gasteiger partial charge on any atom is 0.419 e. The molecule has 0 aliphatic heterocycles. The van der Waals surface area contributed by atoms with E-state index in [4.69, 9.17) is 9.47 Å². The number of thiazole rings is 1. The largest absolute Gasteiger partial charge is 0.496 e. The average Bonchev–Trinajstić information content (AvgIpc) is 3.79. The molecule has 6 unspecified atom stereocenters. The van der Waals surface area contributed by atoms with E-state index in [2.05, 4.69) is 38.0 Å². The average molecular weight is 722 g/mol. The van der Waals surface area contributed by atoms with Crippen molar-refractivity contribution >= 4 is 39.6 Å². The molecule has 2 N–H and O–H groups in total. The summed E-state index contributed by atoms with van der Waals surface area (Å²) < 4.78 is 60.7. The molecule has 3 aliphatic carbocycles. The molecule has 0 radical (unpaired) electrons. The monoisotopic (exact) mass is 721 g/mol. The van der Waals surface area contributed by atoms with Crippen LogP contribution < -0.4 is 15.4 Å². The topological polar surface area (TPSA) is 89.6 Å². The molecular formula is C38H51F4N3O4S. The quantitative estimate of drug-likeness (QED) is 0.179. The second-order valence-corrected chi connectivity index (χ2v) is 15.4. The summed E-state index contributed by atoms with van der Waals surface area (Å²) in [5.74, 6) is 2.91. The summed E-state index contributed by atoms with van der Waals surface area (Å²) >= 11 is 1.56. The van der Waals surface area contributed by atoms with Gasteiger partial charge in [-0.1, -0.05) is 47.0 Å². The van der Waals surface area contributed by atoms with Crippen molar-refractivity contribution in [3.63, 3.8) is 0 Å². The number of rotatable bonds is 8. The molecule has 0 saturated heterocycles. The number of hydrogen-bond acceptors (Lipinski definition) is 6. The van der Waals surface area contributed by atoms with E-state index < -0.39 is 17.6 Å². The van der Waals surface area contributed by atoms with Crippen molar-refractivity contribution < 1.29 is 36.6 Å². The summed E-state index contributed by atoms with van der Waals surface area (Å²) in [4.78, 5) is 27.4. The van der Waals surface area contributed by atoms with E-state index in [-0.39, 0.29) is 18.0 Å². The van der Waals surface area contributed by atoms with Crippen molar-refractivity contribution in [3.8, 4) is 5.75 Å². The smallest absolute Gasteiger partial charge is 0.419 e. The van der Waals surface area contributed by atoms with Crippen molar-refractivity contribution in [2.24, 2.45) is 35.0 Å². The molecule has 2 aromatic carbocycles. The summed E-state index contributed by atoms with van der Waals surface area (Å²) in [6.45, 7) is 12.4. The van der Waals surface area contributed by atoms with Gasteiger partial charge >= 0.3 is 6.18 Å². The highest BCUT2D eigenvalue weighted by molar-refractivity contribution is 7.19. The van der Waals surface area contributed by atoms with E-state index in [9.17, 15) is 27.2 Å². The zero-order valence-electron chi connectivity index (χ0n) is 30.1. The Morgan fingerprint density at radius 1 is 1.10 bits per heavy atom. The van der Waals surface area contributed by atoms with Crippen molar-refractivity contribution in [2.45, 2.75) is 91.8 Å². The highest BCUT2D eigenvalue weighted by Gasteiger charge is 2.46. The fraction of sp³-hybridized carbons (Fsp3) is 0.605. The van der Waals surface area contributed by atoms with Crippen LogP contribution in [-0.2, 0) is 15.7 Å². The third-order valence-electron chi connectivity index (χ3n) is 11.6.